The highest BCUT2D eigenvalue weighted by atomic mass is 16.4. The summed E-state index contributed by atoms with van der Waals surface area (Å²) in [6.45, 7) is 5.15. The van der Waals surface area contributed by atoms with E-state index >= 15 is 0 Å². The molecule has 6 heteroatoms. The molecule has 2 N–H and O–H groups in total. The molecule has 0 aliphatic heterocycles. The molecule has 1 fully saturated rings. The Morgan fingerprint density at radius 3 is 2.12 bits per heavy atom. The number of carboxylic acids is 1. The molecule has 2 amide bonds. The van der Waals surface area contributed by atoms with E-state index in [4.69, 9.17) is 0 Å². The van der Waals surface area contributed by atoms with E-state index in [1.165, 1.54) is 0 Å². The zero-order valence-corrected chi connectivity index (χ0v) is 14.8. The smallest absolute Gasteiger partial charge is 0.307 e. The van der Waals surface area contributed by atoms with E-state index < -0.39 is 17.8 Å². The summed E-state index contributed by atoms with van der Waals surface area (Å²) in [6, 6.07) is 6.75. The normalized spacial score (nSPS) is 19.9. The number of nitrogens with one attached hydrogen (secondary N) is 1. The molecule has 0 bridgehead atoms. The van der Waals surface area contributed by atoms with Gasteiger partial charge in [0.05, 0.1) is 11.8 Å². The molecule has 2 rings (SSSR count). The lowest BCUT2D eigenvalue weighted by atomic mass is 9.78. The molecule has 1 saturated carbocycles. The Balaban J connectivity index is 2.04. The second-order valence-electron chi connectivity index (χ2n) is 6.38. The van der Waals surface area contributed by atoms with Crippen LogP contribution in [-0.2, 0) is 9.59 Å². The third-order valence-electron chi connectivity index (χ3n) is 4.87. The van der Waals surface area contributed by atoms with Gasteiger partial charge in [0.1, 0.15) is 0 Å². The molecule has 1 aromatic carbocycles. The molecule has 1 aliphatic rings. The van der Waals surface area contributed by atoms with Crippen molar-refractivity contribution >= 4 is 23.5 Å². The number of carbonyl (C=O) groups is 3. The predicted molar refractivity (Wildman–Crippen MR) is 95.4 cm³/mol. The van der Waals surface area contributed by atoms with Crippen LogP contribution in [0.5, 0.6) is 0 Å². The summed E-state index contributed by atoms with van der Waals surface area (Å²) in [4.78, 5) is 37.8. The number of carboxylic acid groups (broad SMARTS) is 1. The molecule has 0 saturated heterocycles. The number of benzene rings is 1. The summed E-state index contributed by atoms with van der Waals surface area (Å²) in [5.41, 5.74) is 1.15. The van der Waals surface area contributed by atoms with Gasteiger partial charge in [-0.1, -0.05) is 12.8 Å². The monoisotopic (exact) mass is 346 g/mol. The van der Waals surface area contributed by atoms with Crippen molar-refractivity contribution in [3.8, 4) is 0 Å². The molecule has 0 spiro atoms. The third kappa shape index (κ3) is 4.59. The SMILES string of the molecule is CCN(CC)C(=O)c1ccc(NC(=O)[C@@H]2CCCC[C@H]2C(=O)O)cc1. The fourth-order valence-corrected chi connectivity index (χ4v) is 3.36. The van der Waals surface area contributed by atoms with Crippen LogP contribution >= 0.6 is 0 Å². The van der Waals surface area contributed by atoms with Gasteiger partial charge >= 0.3 is 5.97 Å². The quantitative estimate of drug-likeness (QED) is 0.829. The Hall–Kier alpha value is -2.37. The number of nitrogens with zero attached hydrogens (tertiary/aromatic N) is 1. The van der Waals surface area contributed by atoms with E-state index in [9.17, 15) is 19.5 Å². The maximum atomic E-state index is 12.5. The van der Waals surface area contributed by atoms with Crippen LogP contribution < -0.4 is 5.32 Å². The molecule has 2 atom stereocenters. The van der Waals surface area contributed by atoms with E-state index in [1.54, 1.807) is 29.2 Å². The molecule has 1 aliphatic carbocycles. The zero-order valence-electron chi connectivity index (χ0n) is 14.8. The Kier molecular flexibility index (Phi) is 6.56. The van der Waals surface area contributed by atoms with Crippen LogP contribution in [0.1, 0.15) is 49.9 Å². The highest BCUT2D eigenvalue weighted by molar-refractivity contribution is 5.97. The summed E-state index contributed by atoms with van der Waals surface area (Å²) in [5.74, 6) is -2.31. The molecule has 25 heavy (non-hydrogen) atoms. The average molecular weight is 346 g/mol. The van der Waals surface area contributed by atoms with Gasteiger partial charge in [-0.15, -0.1) is 0 Å². The van der Waals surface area contributed by atoms with Crippen molar-refractivity contribution in [2.24, 2.45) is 11.8 Å². The second-order valence-corrected chi connectivity index (χ2v) is 6.38. The summed E-state index contributed by atoms with van der Waals surface area (Å²) in [5, 5.41) is 12.1. The lowest BCUT2D eigenvalue weighted by Gasteiger charge is -2.27. The summed E-state index contributed by atoms with van der Waals surface area (Å²) < 4.78 is 0. The molecular weight excluding hydrogens is 320 g/mol. The lowest BCUT2D eigenvalue weighted by Crippen LogP contribution is -2.36. The summed E-state index contributed by atoms with van der Waals surface area (Å²) in [7, 11) is 0. The van der Waals surface area contributed by atoms with Gasteiger partial charge in [-0.2, -0.15) is 0 Å². The van der Waals surface area contributed by atoms with Crippen molar-refractivity contribution in [2.75, 3.05) is 18.4 Å². The van der Waals surface area contributed by atoms with E-state index in [2.05, 4.69) is 5.32 Å². The number of rotatable bonds is 6. The van der Waals surface area contributed by atoms with E-state index in [0.717, 1.165) is 12.8 Å². The first-order valence-corrected chi connectivity index (χ1v) is 8.90. The van der Waals surface area contributed by atoms with Gasteiger partial charge in [-0.3, -0.25) is 14.4 Å². The zero-order chi connectivity index (χ0) is 18.4. The van der Waals surface area contributed by atoms with Crippen LogP contribution in [0.25, 0.3) is 0 Å². The van der Waals surface area contributed by atoms with Crippen molar-refractivity contribution in [1.29, 1.82) is 0 Å². The van der Waals surface area contributed by atoms with Crippen LogP contribution in [0.15, 0.2) is 24.3 Å². The maximum Gasteiger partial charge on any atom is 0.307 e. The lowest BCUT2D eigenvalue weighted by molar-refractivity contribution is -0.147. The minimum absolute atomic E-state index is 0.0406. The topological polar surface area (TPSA) is 86.7 Å². The third-order valence-corrected chi connectivity index (χ3v) is 4.87. The average Bonchev–Trinajstić information content (AvgIpc) is 2.63. The Morgan fingerprint density at radius 1 is 1.04 bits per heavy atom. The molecular formula is C19H26N2O4. The first-order valence-electron chi connectivity index (χ1n) is 8.90. The van der Waals surface area contributed by atoms with Crippen LogP contribution in [0.4, 0.5) is 5.69 Å². The summed E-state index contributed by atoms with van der Waals surface area (Å²) >= 11 is 0. The minimum Gasteiger partial charge on any atom is -0.481 e. The van der Waals surface area contributed by atoms with Gasteiger partial charge in [0, 0.05) is 24.3 Å². The largest absolute Gasteiger partial charge is 0.481 e. The number of aliphatic carboxylic acids is 1. The first-order chi connectivity index (χ1) is 12.0. The molecule has 0 aromatic heterocycles. The Labute approximate surface area is 148 Å². The highest BCUT2D eigenvalue weighted by Crippen LogP contribution is 2.31. The number of hydrogen-bond acceptors (Lipinski definition) is 3. The number of amides is 2. The Bertz CT molecular complexity index is 623. The van der Waals surface area contributed by atoms with Crippen molar-refractivity contribution in [3.05, 3.63) is 29.8 Å². The molecule has 0 heterocycles. The van der Waals surface area contributed by atoms with Gasteiger partial charge in [0.15, 0.2) is 0 Å². The van der Waals surface area contributed by atoms with Crippen LogP contribution in [0, 0.1) is 11.8 Å². The first kappa shape index (κ1) is 19.0. The van der Waals surface area contributed by atoms with E-state index in [-0.39, 0.29) is 11.8 Å². The number of anilines is 1. The van der Waals surface area contributed by atoms with Crippen molar-refractivity contribution in [1.82, 2.24) is 4.90 Å². The molecule has 0 radical (unpaired) electrons. The fraction of sp³-hybridized carbons (Fsp3) is 0.526. The van der Waals surface area contributed by atoms with E-state index in [1.807, 2.05) is 13.8 Å². The molecule has 0 unspecified atom stereocenters. The van der Waals surface area contributed by atoms with Crippen LogP contribution in [0.2, 0.25) is 0 Å². The highest BCUT2D eigenvalue weighted by Gasteiger charge is 2.35. The summed E-state index contributed by atoms with van der Waals surface area (Å²) in [6.07, 6.45) is 2.87. The van der Waals surface area contributed by atoms with Gasteiger partial charge in [-0.05, 0) is 51.0 Å². The van der Waals surface area contributed by atoms with Crippen molar-refractivity contribution in [3.63, 3.8) is 0 Å². The van der Waals surface area contributed by atoms with E-state index in [0.29, 0.717) is 37.2 Å². The molecule has 136 valence electrons. The molecule has 1 aromatic rings. The minimum atomic E-state index is -0.903. The second kappa shape index (κ2) is 8.65. The van der Waals surface area contributed by atoms with Crippen LogP contribution in [-0.4, -0.2) is 40.9 Å². The number of carbonyl (C=O) groups excluding carboxylic acids is 2. The fourth-order valence-electron chi connectivity index (χ4n) is 3.36. The maximum absolute atomic E-state index is 12.5. The number of hydrogen-bond donors (Lipinski definition) is 2. The van der Waals surface area contributed by atoms with Crippen LogP contribution in [0.3, 0.4) is 0 Å². The van der Waals surface area contributed by atoms with Gasteiger partial charge in [-0.25, -0.2) is 0 Å². The van der Waals surface area contributed by atoms with Crippen molar-refractivity contribution < 1.29 is 19.5 Å². The standard InChI is InChI=1S/C19H26N2O4/c1-3-21(4-2)18(23)13-9-11-14(12-10-13)20-17(22)15-7-5-6-8-16(15)19(24)25/h9-12,15-16H,3-8H2,1-2H3,(H,20,22)(H,24,25)/t15-,16-/m1/s1. The predicted octanol–water partition coefficient (Wildman–Crippen LogP) is 3.00. The molecule has 6 nitrogen and oxygen atoms in total. The Morgan fingerprint density at radius 2 is 1.60 bits per heavy atom. The van der Waals surface area contributed by atoms with Gasteiger partial charge in [0.2, 0.25) is 5.91 Å². The van der Waals surface area contributed by atoms with Gasteiger partial charge < -0.3 is 15.3 Å². The van der Waals surface area contributed by atoms with Crippen molar-refractivity contribution in [2.45, 2.75) is 39.5 Å². The van der Waals surface area contributed by atoms with Gasteiger partial charge in [0.25, 0.3) is 5.91 Å².